The number of hydrogen-bond acceptors (Lipinski definition) is 8. The lowest BCUT2D eigenvalue weighted by Gasteiger charge is -2.28. The summed E-state index contributed by atoms with van der Waals surface area (Å²) in [6, 6.07) is 0. The van der Waals surface area contributed by atoms with E-state index in [1.165, 1.54) is 103 Å². The van der Waals surface area contributed by atoms with E-state index in [9.17, 15) is 9.59 Å². The predicted octanol–water partition coefficient (Wildman–Crippen LogP) is 13.2. The van der Waals surface area contributed by atoms with E-state index in [1.54, 1.807) is 0 Å². The van der Waals surface area contributed by atoms with Crippen LogP contribution in [0.3, 0.4) is 0 Å². The molecule has 0 spiro atoms. The van der Waals surface area contributed by atoms with Crippen LogP contribution in [0.5, 0.6) is 0 Å². The van der Waals surface area contributed by atoms with Gasteiger partial charge in [0.1, 0.15) is 13.2 Å². The molecule has 1 aliphatic heterocycles. The van der Waals surface area contributed by atoms with Crippen LogP contribution in [0, 0.1) is 11.8 Å². The number of ether oxygens (including phenoxy) is 5. The Morgan fingerprint density at radius 1 is 0.603 bits per heavy atom. The lowest BCUT2D eigenvalue weighted by atomic mass is 9.97. The average Bonchev–Trinajstić information content (AvgIpc) is 3.22. The molecule has 0 aromatic carbocycles. The highest BCUT2D eigenvalue weighted by molar-refractivity contribution is 5.72. The lowest BCUT2D eigenvalue weighted by Crippen LogP contribution is -2.35. The minimum Gasteiger partial charge on any atom is -0.498 e. The maximum atomic E-state index is 12.9. The van der Waals surface area contributed by atoms with Crippen molar-refractivity contribution in [3.63, 3.8) is 0 Å². The van der Waals surface area contributed by atoms with E-state index >= 15 is 0 Å². The zero-order chi connectivity index (χ0) is 42.2. The summed E-state index contributed by atoms with van der Waals surface area (Å²) in [4.78, 5) is 27.9. The first kappa shape index (κ1) is 53.9. The standard InChI is InChI=1S/C50H91NO7/c1-6-9-12-15-18-19-20-21-22-23-24-25-26-27-30-33-48(52)57-43-46(44-58-50(53)47-36-38-51(5)39-37-47)42-56-45(4)34-35-49(54-40-31-28-16-13-10-7-2)55-41-32-29-17-14-11-8-3/h18-19,21-22,46-47,49H,4,6-17,20,23-44H2,1-3,5H3/b19-18-,22-21-. The number of piperidine rings is 1. The van der Waals surface area contributed by atoms with Crippen molar-refractivity contribution in [2.24, 2.45) is 11.8 Å². The molecule has 8 heteroatoms. The molecule has 0 amide bonds. The number of allylic oxidation sites excluding steroid dienone is 5. The van der Waals surface area contributed by atoms with Gasteiger partial charge in [0.15, 0.2) is 6.29 Å². The van der Waals surface area contributed by atoms with E-state index in [0.717, 1.165) is 70.9 Å². The summed E-state index contributed by atoms with van der Waals surface area (Å²) in [6.45, 7) is 14.7. The largest absolute Gasteiger partial charge is 0.498 e. The van der Waals surface area contributed by atoms with Crippen molar-refractivity contribution in [3.8, 4) is 0 Å². The van der Waals surface area contributed by atoms with Crippen LogP contribution in [0.4, 0.5) is 0 Å². The molecular formula is C50H91NO7. The van der Waals surface area contributed by atoms with Crippen LogP contribution in [0.25, 0.3) is 0 Å². The smallest absolute Gasteiger partial charge is 0.309 e. The average molecular weight is 818 g/mol. The van der Waals surface area contributed by atoms with E-state index < -0.39 is 0 Å². The quantitative estimate of drug-likeness (QED) is 0.0198. The predicted molar refractivity (Wildman–Crippen MR) is 242 cm³/mol. The molecule has 1 aliphatic rings. The van der Waals surface area contributed by atoms with Gasteiger partial charge in [0.25, 0.3) is 0 Å². The second kappa shape index (κ2) is 40.3. The number of esters is 2. The summed E-state index contributed by atoms with van der Waals surface area (Å²) in [5.41, 5.74) is 0. The van der Waals surface area contributed by atoms with Crippen LogP contribution in [-0.2, 0) is 33.3 Å². The lowest BCUT2D eigenvalue weighted by molar-refractivity contribution is -0.155. The summed E-state index contributed by atoms with van der Waals surface area (Å²) in [6.07, 6.45) is 39.4. The van der Waals surface area contributed by atoms with E-state index in [0.29, 0.717) is 38.2 Å². The zero-order valence-electron chi connectivity index (χ0n) is 38.3. The van der Waals surface area contributed by atoms with Crippen molar-refractivity contribution < 1.29 is 33.3 Å². The molecule has 0 aliphatic carbocycles. The monoisotopic (exact) mass is 818 g/mol. The highest BCUT2D eigenvalue weighted by Crippen LogP contribution is 2.20. The van der Waals surface area contributed by atoms with E-state index in [2.05, 4.69) is 63.6 Å². The molecule has 1 fully saturated rings. The molecule has 0 aromatic heterocycles. The van der Waals surface area contributed by atoms with Crippen molar-refractivity contribution in [3.05, 3.63) is 36.6 Å². The molecule has 0 N–H and O–H groups in total. The van der Waals surface area contributed by atoms with E-state index in [-0.39, 0.29) is 49.9 Å². The number of nitrogens with zero attached hydrogens (tertiary/aromatic N) is 1. The number of likely N-dealkylation sites (tertiary alicyclic amines) is 1. The van der Waals surface area contributed by atoms with Crippen molar-refractivity contribution >= 4 is 11.9 Å². The summed E-state index contributed by atoms with van der Waals surface area (Å²) >= 11 is 0. The van der Waals surface area contributed by atoms with Gasteiger partial charge in [0.05, 0.1) is 24.2 Å². The van der Waals surface area contributed by atoms with Gasteiger partial charge in [0, 0.05) is 32.5 Å². The Morgan fingerprint density at radius 3 is 1.69 bits per heavy atom. The molecular weight excluding hydrogens is 727 g/mol. The highest BCUT2D eigenvalue weighted by atomic mass is 16.7. The molecule has 58 heavy (non-hydrogen) atoms. The summed E-state index contributed by atoms with van der Waals surface area (Å²) in [5.74, 6) is -0.0906. The second-order valence-corrected chi connectivity index (χ2v) is 16.8. The molecule has 1 unspecified atom stereocenters. The topological polar surface area (TPSA) is 83.5 Å². The molecule has 1 atom stereocenters. The molecule has 0 saturated carbocycles. The maximum Gasteiger partial charge on any atom is 0.309 e. The van der Waals surface area contributed by atoms with E-state index in [4.69, 9.17) is 23.7 Å². The Bertz CT molecular complexity index is 1000. The Balaban J connectivity index is 2.50. The fourth-order valence-corrected chi connectivity index (χ4v) is 7.07. The first-order chi connectivity index (χ1) is 28.4. The number of rotatable bonds is 41. The van der Waals surface area contributed by atoms with Gasteiger partial charge in [-0.15, -0.1) is 0 Å². The van der Waals surface area contributed by atoms with Gasteiger partial charge in [-0.25, -0.2) is 0 Å². The SMILES string of the molecule is C=C(CCC(OCCCCCCCC)OCCCCCCCC)OCC(COC(=O)CCCCCCC/C=C\C/C=C\CCCCC)COC(=O)C1CCN(C)CC1. The minimum atomic E-state index is -0.284. The number of unbranched alkanes of at least 4 members (excludes halogenated alkanes) is 18. The van der Waals surface area contributed by atoms with Gasteiger partial charge in [-0.2, -0.15) is 0 Å². The van der Waals surface area contributed by atoms with Gasteiger partial charge in [-0.1, -0.05) is 148 Å². The number of hydrogen-bond donors (Lipinski definition) is 0. The van der Waals surface area contributed by atoms with Crippen molar-refractivity contribution in [1.29, 1.82) is 0 Å². The maximum absolute atomic E-state index is 12.9. The Labute approximate surface area is 357 Å². The van der Waals surface area contributed by atoms with E-state index in [1.807, 2.05) is 0 Å². The van der Waals surface area contributed by atoms with Crippen LogP contribution < -0.4 is 0 Å². The fourth-order valence-electron chi connectivity index (χ4n) is 7.07. The molecule has 8 nitrogen and oxygen atoms in total. The molecule has 1 saturated heterocycles. The summed E-state index contributed by atoms with van der Waals surface area (Å²) in [5, 5.41) is 0. The number of carbonyl (C=O) groups is 2. The Morgan fingerprint density at radius 2 is 1.09 bits per heavy atom. The van der Waals surface area contributed by atoms with Crippen LogP contribution in [-0.4, -0.2) is 76.3 Å². The third-order valence-electron chi connectivity index (χ3n) is 11.1. The Hall–Kier alpha value is -2.16. The van der Waals surface area contributed by atoms with Gasteiger partial charge in [0.2, 0.25) is 0 Å². The summed E-state index contributed by atoms with van der Waals surface area (Å²) < 4.78 is 30.1. The van der Waals surface area contributed by atoms with Gasteiger partial charge >= 0.3 is 11.9 Å². The second-order valence-electron chi connectivity index (χ2n) is 16.8. The molecule has 0 aromatic rings. The molecule has 0 radical (unpaired) electrons. The van der Waals surface area contributed by atoms with Gasteiger partial charge < -0.3 is 28.6 Å². The van der Waals surface area contributed by atoms with Crippen molar-refractivity contribution in [2.45, 2.75) is 207 Å². The Kier molecular flexibility index (Phi) is 37.4. The molecule has 1 heterocycles. The highest BCUT2D eigenvalue weighted by Gasteiger charge is 2.26. The minimum absolute atomic E-state index is 0.0850. The van der Waals surface area contributed by atoms with Crippen LogP contribution in [0.15, 0.2) is 36.6 Å². The molecule has 338 valence electrons. The molecule has 0 bridgehead atoms. The van der Waals surface area contributed by atoms with Gasteiger partial charge in [-0.3, -0.25) is 9.59 Å². The van der Waals surface area contributed by atoms with Crippen LogP contribution >= 0.6 is 0 Å². The third-order valence-corrected chi connectivity index (χ3v) is 11.1. The third kappa shape index (κ3) is 33.6. The van der Waals surface area contributed by atoms with Crippen molar-refractivity contribution in [2.75, 3.05) is 53.2 Å². The van der Waals surface area contributed by atoms with Gasteiger partial charge in [-0.05, 0) is 84.3 Å². The summed E-state index contributed by atoms with van der Waals surface area (Å²) in [7, 11) is 2.08. The molecule has 1 rings (SSSR count). The first-order valence-electron chi connectivity index (χ1n) is 24.2. The van der Waals surface area contributed by atoms with Crippen LogP contribution in [0.2, 0.25) is 0 Å². The zero-order valence-corrected chi connectivity index (χ0v) is 38.3. The van der Waals surface area contributed by atoms with Crippen molar-refractivity contribution in [1.82, 2.24) is 4.90 Å². The first-order valence-corrected chi connectivity index (χ1v) is 24.2. The fraction of sp³-hybridized carbons (Fsp3) is 0.840. The van der Waals surface area contributed by atoms with Crippen LogP contribution in [0.1, 0.15) is 201 Å². The normalized spacial score (nSPS) is 14.5. The number of carbonyl (C=O) groups excluding carboxylic acids is 2.